The summed E-state index contributed by atoms with van der Waals surface area (Å²) >= 11 is 0. The third kappa shape index (κ3) is 3.08. The summed E-state index contributed by atoms with van der Waals surface area (Å²) < 4.78 is 7.62. The van der Waals surface area contributed by atoms with Crippen LogP contribution in [-0.2, 0) is 6.42 Å². The van der Waals surface area contributed by atoms with Crippen LogP contribution in [0.1, 0.15) is 29.9 Å². The largest absolute Gasteiger partial charge is 0.497 e. The highest BCUT2D eigenvalue weighted by Gasteiger charge is 2.17. The van der Waals surface area contributed by atoms with Gasteiger partial charge in [0.25, 0.3) is 0 Å². The first-order valence-electron chi connectivity index (χ1n) is 8.90. The fourth-order valence-electron chi connectivity index (χ4n) is 3.46. The lowest BCUT2D eigenvalue weighted by atomic mass is 10.1. The number of hydrogen-bond donors (Lipinski definition) is 0. The highest BCUT2D eigenvalue weighted by molar-refractivity contribution is 5.76. The maximum absolute atomic E-state index is 5.27. The van der Waals surface area contributed by atoms with E-state index in [0.717, 1.165) is 23.5 Å². The molecule has 0 fully saturated rings. The standard InChI is InChI=1S/C23H22N2O/c1-17(19-8-4-3-5-9-19)25-22-11-7-6-10-21(22)24-23(25)16-18-12-14-20(26-2)15-13-18/h3-15,17H,16H2,1-2H3/t17-/m1/s1. The number of nitrogens with zero attached hydrogens (tertiary/aromatic N) is 2. The van der Waals surface area contributed by atoms with Crippen molar-refractivity contribution in [3.05, 3.63) is 95.8 Å². The minimum atomic E-state index is 0.219. The van der Waals surface area contributed by atoms with E-state index in [1.165, 1.54) is 16.6 Å². The van der Waals surface area contributed by atoms with Crippen LogP contribution < -0.4 is 4.74 Å². The Morgan fingerprint density at radius 1 is 0.885 bits per heavy atom. The Bertz CT molecular complexity index is 1000. The summed E-state index contributed by atoms with van der Waals surface area (Å²) in [5.74, 6) is 1.95. The molecule has 0 saturated heterocycles. The van der Waals surface area contributed by atoms with Crippen molar-refractivity contribution in [2.45, 2.75) is 19.4 Å². The molecule has 0 bridgehead atoms. The number of rotatable bonds is 5. The molecule has 26 heavy (non-hydrogen) atoms. The normalized spacial score (nSPS) is 12.2. The first-order valence-corrected chi connectivity index (χ1v) is 8.90. The minimum absolute atomic E-state index is 0.219. The molecule has 130 valence electrons. The Kier molecular flexibility index (Phi) is 4.44. The van der Waals surface area contributed by atoms with Crippen LogP contribution >= 0.6 is 0 Å². The fraction of sp³-hybridized carbons (Fsp3) is 0.174. The number of hydrogen-bond acceptors (Lipinski definition) is 2. The Hall–Kier alpha value is -3.07. The van der Waals surface area contributed by atoms with E-state index in [4.69, 9.17) is 9.72 Å². The number of ether oxygens (including phenoxy) is 1. The van der Waals surface area contributed by atoms with Crippen LogP contribution in [0.4, 0.5) is 0 Å². The van der Waals surface area contributed by atoms with Gasteiger partial charge in [-0.05, 0) is 42.3 Å². The van der Waals surface area contributed by atoms with Gasteiger partial charge in [0, 0.05) is 6.42 Å². The van der Waals surface area contributed by atoms with Gasteiger partial charge >= 0.3 is 0 Å². The molecule has 4 aromatic rings. The van der Waals surface area contributed by atoms with Crippen molar-refractivity contribution in [1.29, 1.82) is 0 Å². The van der Waals surface area contributed by atoms with Gasteiger partial charge in [0.05, 0.1) is 24.2 Å². The molecular weight excluding hydrogens is 320 g/mol. The summed E-state index contributed by atoms with van der Waals surface area (Å²) in [7, 11) is 1.69. The number of benzene rings is 3. The van der Waals surface area contributed by atoms with Crippen molar-refractivity contribution < 1.29 is 4.74 Å². The maximum Gasteiger partial charge on any atom is 0.118 e. The van der Waals surface area contributed by atoms with Gasteiger partial charge in [0.1, 0.15) is 11.6 Å². The average molecular weight is 342 g/mol. The number of imidazole rings is 1. The smallest absolute Gasteiger partial charge is 0.118 e. The number of para-hydroxylation sites is 2. The first-order chi connectivity index (χ1) is 12.8. The lowest BCUT2D eigenvalue weighted by molar-refractivity contribution is 0.414. The van der Waals surface area contributed by atoms with Crippen LogP contribution in [0.15, 0.2) is 78.9 Å². The van der Waals surface area contributed by atoms with E-state index in [2.05, 4.69) is 72.2 Å². The first kappa shape index (κ1) is 16.4. The predicted octanol–water partition coefficient (Wildman–Crippen LogP) is 5.25. The van der Waals surface area contributed by atoms with Crippen LogP contribution in [0.5, 0.6) is 5.75 Å². The summed E-state index contributed by atoms with van der Waals surface area (Å²) in [6, 6.07) is 27.4. The van der Waals surface area contributed by atoms with Crippen LogP contribution in [0, 0.1) is 0 Å². The molecule has 0 radical (unpaired) electrons. The van der Waals surface area contributed by atoms with Crippen LogP contribution in [-0.4, -0.2) is 16.7 Å². The van der Waals surface area contributed by atoms with Gasteiger partial charge in [0.15, 0.2) is 0 Å². The van der Waals surface area contributed by atoms with E-state index in [1.807, 2.05) is 18.2 Å². The molecule has 4 rings (SSSR count). The molecule has 0 unspecified atom stereocenters. The molecule has 1 heterocycles. The van der Waals surface area contributed by atoms with E-state index in [1.54, 1.807) is 7.11 Å². The molecule has 0 aliphatic rings. The van der Waals surface area contributed by atoms with Crippen molar-refractivity contribution in [3.8, 4) is 5.75 Å². The Morgan fingerprint density at radius 3 is 2.31 bits per heavy atom. The molecule has 0 saturated carbocycles. The molecule has 0 N–H and O–H groups in total. The van der Waals surface area contributed by atoms with Crippen LogP contribution in [0.25, 0.3) is 11.0 Å². The van der Waals surface area contributed by atoms with Crippen molar-refractivity contribution in [2.75, 3.05) is 7.11 Å². The average Bonchev–Trinajstić information content (AvgIpc) is 3.06. The van der Waals surface area contributed by atoms with E-state index in [0.29, 0.717) is 0 Å². The second kappa shape index (κ2) is 7.04. The van der Waals surface area contributed by atoms with E-state index >= 15 is 0 Å². The monoisotopic (exact) mass is 342 g/mol. The molecule has 0 amide bonds. The minimum Gasteiger partial charge on any atom is -0.497 e. The van der Waals surface area contributed by atoms with Crippen molar-refractivity contribution >= 4 is 11.0 Å². The molecule has 1 atom stereocenters. The van der Waals surface area contributed by atoms with Crippen LogP contribution in [0.2, 0.25) is 0 Å². The Morgan fingerprint density at radius 2 is 1.58 bits per heavy atom. The molecular formula is C23H22N2O. The summed E-state index contributed by atoms with van der Waals surface area (Å²) in [6.07, 6.45) is 0.788. The molecule has 3 aromatic carbocycles. The third-order valence-corrected chi connectivity index (χ3v) is 4.86. The zero-order chi connectivity index (χ0) is 17.9. The van der Waals surface area contributed by atoms with Gasteiger partial charge in [-0.15, -0.1) is 0 Å². The predicted molar refractivity (Wildman–Crippen MR) is 106 cm³/mol. The Labute approximate surface area is 153 Å². The van der Waals surface area contributed by atoms with Gasteiger partial charge in [-0.3, -0.25) is 0 Å². The molecule has 0 aliphatic heterocycles. The second-order valence-corrected chi connectivity index (χ2v) is 6.50. The summed E-state index contributed by atoms with van der Waals surface area (Å²) in [5.41, 5.74) is 4.72. The molecule has 1 aromatic heterocycles. The highest BCUT2D eigenvalue weighted by atomic mass is 16.5. The van der Waals surface area contributed by atoms with Gasteiger partial charge in [-0.2, -0.15) is 0 Å². The number of fused-ring (bicyclic) bond motifs is 1. The van der Waals surface area contributed by atoms with E-state index in [9.17, 15) is 0 Å². The Balaban J connectivity index is 1.78. The lowest BCUT2D eigenvalue weighted by Crippen LogP contribution is -2.11. The topological polar surface area (TPSA) is 27.1 Å². The zero-order valence-corrected chi connectivity index (χ0v) is 15.1. The van der Waals surface area contributed by atoms with Gasteiger partial charge in [-0.25, -0.2) is 4.98 Å². The summed E-state index contributed by atoms with van der Waals surface area (Å²) in [5, 5.41) is 0. The summed E-state index contributed by atoms with van der Waals surface area (Å²) in [6.45, 7) is 2.24. The van der Waals surface area contributed by atoms with E-state index in [-0.39, 0.29) is 6.04 Å². The van der Waals surface area contributed by atoms with Crippen LogP contribution in [0.3, 0.4) is 0 Å². The fourth-order valence-corrected chi connectivity index (χ4v) is 3.46. The van der Waals surface area contributed by atoms with E-state index < -0.39 is 0 Å². The lowest BCUT2D eigenvalue weighted by Gasteiger charge is -2.18. The summed E-state index contributed by atoms with van der Waals surface area (Å²) in [4.78, 5) is 4.93. The molecule has 0 spiro atoms. The molecule has 0 aliphatic carbocycles. The van der Waals surface area contributed by atoms with Gasteiger partial charge in [-0.1, -0.05) is 54.6 Å². The van der Waals surface area contributed by atoms with Crippen molar-refractivity contribution in [3.63, 3.8) is 0 Å². The number of aromatic nitrogens is 2. The third-order valence-electron chi connectivity index (χ3n) is 4.86. The zero-order valence-electron chi connectivity index (χ0n) is 15.1. The maximum atomic E-state index is 5.27. The second-order valence-electron chi connectivity index (χ2n) is 6.50. The molecule has 3 heteroatoms. The van der Waals surface area contributed by atoms with Gasteiger partial charge < -0.3 is 9.30 Å². The highest BCUT2D eigenvalue weighted by Crippen LogP contribution is 2.27. The quantitative estimate of drug-likeness (QED) is 0.495. The number of methoxy groups -OCH3 is 1. The molecule has 3 nitrogen and oxygen atoms in total. The SMILES string of the molecule is COc1ccc(Cc2nc3ccccc3n2[C@H](C)c2ccccc2)cc1. The van der Waals surface area contributed by atoms with Crippen molar-refractivity contribution in [1.82, 2.24) is 9.55 Å². The van der Waals surface area contributed by atoms with Gasteiger partial charge in [0.2, 0.25) is 0 Å². The van der Waals surface area contributed by atoms with Crippen molar-refractivity contribution in [2.24, 2.45) is 0 Å².